The lowest BCUT2D eigenvalue weighted by atomic mass is 9.63. The van der Waals surface area contributed by atoms with Crippen molar-refractivity contribution in [1.82, 2.24) is 4.90 Å². The van der Waals surface area contributed by atoms with Crippen LogP contribution in [0.25, 0.3) is 0 Å². The molecule has 0 saturated carbocycles. The van der Waals surface area contributed by atoms with E-state index in [0.29, 0.717) is 49.4 Å². The monoisotopic (exact) mass is 770 g/mol. The summed E-state index contributed by atoms with van der Waals surface area (Å²) in [7, 11) is 1.63. The van der Waals surface area contributed by atoms with Gasteiger partial charge in [0.05, 0.1) is 38.5 Å². The smallest absolute Gasteiger partial charge is 0.264 e. The van der Waals surface area contributed by atoms with Crippen molar-refractivity contribution in [3.8, 4) is 5.75 Å². The SMILES string of the molecule is COc1ccc(C(C)(C)[C@H]2[C@H](CC(=O)N(CCO)Cc3ccccc3)O[C@@]3(C(=O)N(Cc4ccc(N5CCC5=O)cc4)c4ccc(N5CCC5=O)cc43)[C@@H]2C)cc1. The number of hydrogen-bond acceptors (Lipinski definition) is 7. The van der Waals surface area contributed by atoms with Crippen LogP contribution in [0.1, 0.15) is 62.3 Å². The summed E-state index contributed by atoms with van der Waals surface area (Å²) >= 11 is 0. The lowest BCUT2D eigenvalue weighted by molar-refractivity contribution is -0.150. The number of hydrogen-bond donors (Lipinski definition) is 1. The van der Waals surface area contributed by atoms with Crippen molar-refractivity contribution >= 4 is 40.7 Å². The maximum atomic E-state index is 15.4. The van der Waals surface area contributed by atoms with E-state index in [2.05, 4.69) is 20.8 Å². The number of fused-ring (bicyclic) bond motifs is 2. The van der Waals surface area contributed by atoms with Crippen LogP contribution in [0.5, 0.6) is 5.75 Å². The van der Waals surface area contributed by atoms with Crippen LogP contribution in [0.2, 0.25) is 0 Å². The third kappa shape index (κ3) is 6.66. The van der Waals surface area contributed by atoms with E-state index in [-0.39, 0.29) is 55.7 Å². The van der Waals surface area contributed by atoms with Crippen LogP contribution in [0, 0.1) is 11.8 Å². The van der Waals surface area contributed by atoms with E-state index in [1.807, 2.05) is 97.1 Å². The third-order valence-corrected chi connectivity index (χ3v) is 12.7. The molecule has 0 aromatic heterocycles. The first-order valence-corrected chi connectivity index (χ1v) is 19.9. The second kappa shape index (κ2) is 15.1. The van der Waals surface area contributed by atoms with E-state index < -0.39 is 23.0 Å². The van der Waals surface area contributed by atoms with Gasteiger partial charge >= 0.3 is 0 Å². The first-order valence-electron chi connectivity index (χ1n) is 19.9. The number of benzene rings is 4. The van der Waals surface area contributed by atoms with Crippen LogP contribution in [0.3, 0.4) is 0 Å². The fourth-order valence-electron chi connectivity index (χ4n) is 9.48. The molecule has 0 unspecified atom stereocenters. The number of carbonyl (C=O) groups excluding carboxylic acids is 4. The number of nitrogens with zero attached hydrogens (tertiary/aromatic N) is 4. The minimum atomic E-state index is -1.47. The van der Waals surface area contributed by atoms with E-state index in [9.17, 15) is 19.5 Å². The molecule has 3 saturated heterocycles. The standard InChI is InChI=1S/C46H50N4O7/c1-30-43(45(2,3)33-12-17-36(56-4)18-13-33)39(27-42(54)47(24-25-51)28-31-8-6-5-7-9-31)57-46(30)37-26-35(49-23-21-41(49)53)16-19-38(37)50(44(46)55)29-32-10-14-34(15-11-32)48-22-20-40(48)52/h5-19,26,30,39,43,51H,20-25,27-29H2,1-4H3/t30-,39+,43-,46+/m1/s1. The van der Waals surface area contributed by atoms with Gasteiger partial charge in [0.2, 0.25) is 17.7 Å². The average molecular weight is 771 g/mol. The molecule has 57 heavy (non-hydrogen) atoms. The van der Waals surface area contributed by atoms with Crippen LogP contribution in [0.15, 0.2) is 97.1 Å². The number of ether oxygens (including phenoxy) is 2. The van der Waals surface area contributed by atoms with Gasteiger partial charge < -0.3 is 34.2 Å². The number of β-lactam (4-membered cyclic amide) rings is 2. The summed E-state index contributed by atoms with van der Waals surface area (Å²) in [4.78, 5) is 61.6. The van der Waals surface area contributed by atoms with Gasteiger partial charge in [0.25, 0.3) is 5.91 Å². The molecule has 4 heterocycles. The van der Waals surface area contributed by atoms with Gasteiger partial charge in [-0.1, -0.05) is 75.4 Å². The zero-order chi connectivity index (χ0) is 40.1. The van der Waals surface area contributed by atoms with Crippen molar-refractivity contribution in [3.63, 3.8) is 0 Å². The van der Waals surface area contributed by atoms with Gasteiger partial charge in [-0.3, -0.25) is 19.2 Å². The molecule has 4 aliphatic rings. The van der Waals surface area contributed by atoms with Crippen molar-refractivity contribution in [3.05, 3.63) is 119 Å². The zero-order valence-electron chi connectivity index (χ0n) is 33.0. The number of rotatable bonds is 13. The third-order valence-electron chi connectivity index (χ3n) is 12.7. The van der Waals surface area contributed by atoms with E-state index in [1.54, 1.807) is 26.7 Å². The summed E-state index contributed by atoms with van der Waals surface area (Å²) in [6.45, 7) is 8.17. The highest BCUT2D eigenvalue weighted by Gasteiger charge is 2.66. The number of carbonyl (C=O) groups is 4. The predicted molar refractivity (Wildman–Crippen MR) is 217 cm³/mol. The molecule has 296 valence electrons. The van der Waals surface area contributed by atoms with Gasteiger partial charge in [-0.05, 0) is 64.6 Å². The molecule has 3 fully saturated rings. The highest BCUT2D eigenvalue weighted by atomic mass is 16.5. The summed E-state index contributed by atoms with van der Waals surface area (Å²) in [6.07, 6.45) is 0.309. The molecular weight excluding hydrogens is 721 g/mol. The molecule has 0 radical (unpaired) electrons. The summed E-state index contributed by atoms with van der Waals surface area (Å²) in [5.74, 6) is -0.315. The van der Waals surface area contributed by atoms with E-state index >= 15 is 4.79 Å². The normalized spacial score (nSPS) is 22.8. The molecule has 4 atom stereocenters. The molecule has 0 aliphatic carbocycles. The van der Waals surface area contributed by atoms with Gasteiger partial charge in [0, 0.05) is 67.8 Å². The minimum Gasteiger partial charge on any atom is -0.497 e. The minimum absolute atomic E-state index is 0.00717. The fraction of sp³-hybridized carbons (Fsp3) is 0.391. The number of aliphatic hydroxyl groups excluding tert-OH is 1. The van der Waals surface area contributed by atoms with Crippen molar-refractivity contribution in [2.45, 2.75) is 70.2 Å². The largest absolute Gasteiger partial charge is 0.497 e. The van der Waals surface area contributed by atoms with E-state index in [1.165, 1.54) is 0 Å². The maximum absolute atomic E-state index is 15.4. The van der Waals surface area contributed by atoms with Crippen molar-refractivity contribution in [2.75, 3.05) is 48.1 Å². The molecule has 4 aromatic carbocycles. The maximum Gasteiger partial charge on any atom is 0.264 e. The molecule has 4 aromatic rings. The Hall–Kier alpha value is -5.52. The highest BCUT2D eigenvalue weighted by molar-refractivity contribution is 6.09. The molecule has 4 amide bonds. The van der Waals surface area contributed by atoms with Gasteiger partial charge in [0.1, 0.15) is 5.75 Å². The van der Waals surface area contributed by atoms with Gasteiger partial charge in [0.15, 0.2) is 5.60 Å². The average Bonchev–Trinajstić information content (AvgIpc) is 3.63. The molecule has 11 heteroatoms. The van der Waals surface area contributed by atoms with Crippen LogP contribution in [-0.2, 0) is 48.0 Å². The Labute approximate surface area is 333 Å². The Morgan fingerprint density at radius 1 is 0.877 bits per heavy atom. The number of methoxy groups -OCH3 is 1. The summed E-state index contributed by atoms with van der Waals surface area (Å²) in [6, 6.07) is 31.1. The lowest BCUT2D eigenvalue weighted by Crippen LogP contribution is -2.46. The number of amides is 4. The molecule has 0 bridgehead atoms. The molecule has 4 aliphatic heterocycles. The Morgan fingerprint density at radius 2 is 1.53 bits per heavy atom. The number of aliphatic hydroxyl groups is 1. The Kier molecular flexibility index (Phi) is 10.2. The van der Waals surface area contributed by atoms with Crippen molar-refractivity contribution in [1.29, 1.82) is 0 Å². The van der Waals surface area contributed by atoms with Gasteiger partial charge in [-0.2, -0.15) is 0 Å². The van der Waals surface area contributed by atoms with Crippen molar-refractivity contribution < 1.29 is 33.8 Å². The van der Waals surface area contributed by atoms with Gasteiger partial charge in [-0.25, -0.2) is 0 Å². The van der Waals surface area contributed by atoms with Gasteiger partial charge in [-0.15, -0.1) is 0 Å². The number of anilines is 3. The topological polar surface area (TPSA) is 120 Å². The van der Waals surface area contributed by atoms with Crippen LogP contribution in [0.4, 0.5) is 17.1 Å². The highest BCUT2D eigenvalue weighted by Crippen LogP contribution is 2.60. The first kappa shape index (κ1) is 38.4. The lowest BCUT2D eigenvalue weighted by Gasteiger charge is -2.39. The van der Waals surface area contributed by atoms with E-state index in [0.717, 1.165) is 28.1 Å². The summed E-state index contributed by atoms with van der Waals surface area (Å²) in [5, 5.41) is 10.1. The summed E-state index contributed by atoms with van der Waals surface area (Å²) < 4.78 is 12.8. The van der Waals surface area contributed by atoms with E-state index in [4.69, 9.17) is 9.47 Å². The van der Waals surface area contributed by atoms with Crippen LogP contribution in [-0.4, -0.2) is 73.1 Å². The zero-order valence-corrected chi connectivity index (χ0v) is 33.0. The predicted octanol–water partition coefficient (Wildman–Crippen LogP) is 5.95. The molecule has 8 rings (SSSR count). The summed E-state index contributed by atoms with van der Waals surface area (Å²) in [5.41, 5.74) is 3.70. The molecular formula is C46H50N4O7. The quantitative estimate of drug-likeness (QED) is 0.167. The van der Waals surface area contributed by atoms with Crippen LogP contribution >= 0.6 is 0 Å². The van der Waals surface area contributed by atoms with Crippen molar-refractivity contribution in [2.24, 2.45) is 11.8 Å². The Balaban J connectivity index is 1.20. The molecule has 1 N–H and O–H groups in total. The Bertz CT molecular complexity index is 2170. The Morgan fingerprint density at radius 3 is 2.12 bits per heavy atom. The first-order chi connectivity index (χ1) is 27.5. The van der Waals surface area contributed by atoms with Crippen LogP contribution < -0.4 is 19.4 Å². The second-order valence-corrected chi connectivity index (χ2v) is 16.2. The fourth-order valence-corrected chi connectivity index (χ4v) is 9.48. The molecule has 1 spiro atoms. The second-order valence-electron chi connectivity index (χ2n) is 16.2. The molecule has 11 nitrogen and oxygen atoms in total.